The van der Waals surface area contributed by atoms with E-state index in [2.05, 4.69) is 5.32 Å². The lowest BCUT2D eigenvalue weighted by Crippen LogP contribution is -2.28. The Morgan fingerprint density at radius 2 is 2.00 bits per heavy atom. The molecular formula is C4H12FN3. The van der Waals surface area contributed by atoms with Gasteiger partial charge in [-0.15, -0.1) is 4.48 Å². The average Bonchev–Trinajstić information content (AvgIpc) is 1.81. The molecule has 0 saturated carbocycles. The first kappa shape index (κ1) is 7.81. The molecule has 0 aromatic carbocycles. The Kier molecular flexibility index (Phi) is 6.65. The SMILES string of the molecule is NCCNCCNF. The quantitative estimate of drug-likeness (QED) is 0.323. The van der Waals surface area contributed by atoms with E-state index in [1.54, 1.807) is 0 Å². The van der Waals surface area contributed by atoms with Gasteiger partial charge in [0, 0.05) is 26.2 Å². The van der Waals surface area contributed by atoms with E-state index in [1.165, 1.54) is 5.54 Å². The van der Waals surface area contributed by atoms with Crippen molar-refractivity contribution in [1.29, 1.82) is 0 Å². The van der Waals surface area contributed by atoms with Gasteiger partial charge in [0.1, 0.15) is 0 Å². The first-order chi connectivity index (χ1) is 3.91. The Morgan fingerprint density at radius 1 is 1.25 bits per heavy atom. The van der Waals surface area contributed by atoms with Crippen molar-refractivity contribution in [1.82, 2.24) is 10.9 Å². The average molecular weight is 121 g/mol. The number of nitrogens with two attached hydrogens (primary N) is 1. The Hall–Kier alpha value is -0.190. The highest BCUT2D eigenvalue weighted by atomic mass is 19.2. The van der Waals surface area contributed by atoms with Crippen LogP contribution < -0.4 is 16.6 Å². The molecule has 0 spiro atoms. The summed E-state index contributed by atoms with van der Waals surface area (Å²) < 4.78 is 11.1. The van der Waals surface area contributed by atoms with Crippen LogP contribution in [0.5, 0.6) is 0 Å². The Bertz CT molecular complexity index is 36.3. The van der Waals surface area contributed by atoms with Gasteiger partial charge in [-0.2, -0.15) is 5.54 Å². The molecule has 0 saturated heterocycles. The molecule has 0 rings (SSSR count). The van der Waals surface area contributed by atoms with Crippen LogP contribution in [0.15, 0.2) is 0 Å². The summed E-state index contributed by atoms with van der Waals surface area (Å²) in [4.78, 5) is 0. The lowest BCUT2D eigenvalue weighted by Gasteiger charge is -1.97. The van der Waals surface area contributed by atoms with E-state index in [0.717, 1.165) is 6.54 Å². The fraction of sp³-hybridized carbons (Fsp3) is 1.00. The molecule has 0 aliphatic rings. The zero-order valence-electron chi connectivity index (χ0n) is 4.78. The third-order valence-corrected chi connectivity index (χ3v) is 0.717. The molecule has 4 N–H and O–H groups in total. The summed E-state index contributed by atoms with van der Waals surface area (Å²) in [5.74, 6) is 0. The van der Waals surface area contributed by atoms with Gasteiger partial charge in [0.15, 0.2) is 0 Å². The maximum atomic E-state index is 11.1. The molecular weight excluding hydrogens is 109 g/mol. The lowest BCUT2D eigenvalue weighted by molar-refractivity contribution is 0.333. The van der Waals surface area contributed by atoms with Gasteiger partial charge < -0.3 is 11.1 Å². The summed E-state index contributed by atoms with van der Waals surface area (Å²) in [6.07, 6.45) is 0. The molecule has 0 aromatic heterocycles. The molecule has 0 fully saturated rings. The van der Waals surface area contributed by atoms with E-state index < -0.39 is 0 Å². The Labute approximate surface area is 48.4 Å². The van der Waals surface area contributed by atoms with Crippen LogP contribution in [0.1, 0.15) is 0 Å². The molecule has 0 aromatic rings. The number of rotatable bonds is 5. The van der Waals surface area contributed by atoms with E-state index in [1.807, 2.05) is 0 Å². The second kappa shape index (κ2) is 6.81. The van der Waals surface area contributed by atoms with Crippen molar-refractivity contribution in [2.24, 2.45) is 5.73 Å². The third kappa shape index (κ3) is 5.81. The van der Waals surface area contributed by atoms with Crippen molar-refractivity contribution in [3.8, 4) is 0 Å². The topological polar surface area (TPSA) is 50.1 Å². The minimum atomic E-state index is 0.347. The zero-order chi connectivity index (χ0) is 6.24. The largest absolute Gasteiger partial charge is 0.329 e. The summed E-state index contributed by atoms with van der Waals surface area (Å²) in [6.45, 7) is 2.33. The first-order valence-corrected chi connectivity index (χ1v) is 2.66. The van der Waals surface area contributed by atoms with E-state index in [9.17, 15) is 4.48 Å². The fourth-order valence-corrected chi connectivity index (χ4v) is 0.363. The van der Waals surface area contributed by atoms with Crippen LogP contribution in [-0.2, 0) is 0 Å². The van der Waals surface area contributed by atoms with Crippen LogP contribution >= 0.6 is 0 Å². The molecule has 4 heteroatoms. The molecule has 0 amide bonds. The molecule has 50 valence electrons. The molecule has 3 nitrogen and oxygen atoms in total. The van der Waals surface area contributed by atoms with Gasteiger partial charge in [-0.3, -0.25) is 0 Å². The van der Waals surface area contributed by atoms with Gasteiger partial charge in [0.05, 0.1) is 0 Å². The molecule has 0 unspecified atom stereocenters. The number of halogens is 1. The maximum Gasteiger partial charge on any atom is 0.0384 e. The third-order valence-electron chi connectivity index (χ3n) is 0.717. The van der Waals surface area contributed by atoms with Crippen molar-refractivity contribution in [3.63, 3.8) is 0 Å². The number of hydrogen-bond donors (Lipinski definition) is 3. The van der Waals surface area contributed by atoms with Crippen LogP contribution in [0.3, 0.4) is 0 Å². The van der Waals surface area contributed by atoms with E-state index in [4.69, 9.17) is 5.73 Å². The van der Waals surface area contributed by atoms with E-state index >= 15 is 0 Å². The van der Waals surface area contributed by atoms with Crippen molar-refractivity contribution in [2.75, 3.05) is 26.2 Å². The first-order valence-electron chi connectivity index (χ1n) is 2.66. The second-order valence-electron chi connectivity index (χ2n) is 1.42. The van der Waals surface area contributed by atoms with Gasteiger partial charge in [-0.05, 0) is 0 Å². The smallest absolute Gasteiger partial charge is 0.0384 e. The fourth-order valence-electron chi connectivity index (χ4n) is 0.363. The van der Waals surface area contributed by atoms with Crippen molar-refractivity contribution < 1.29 is 4.48 Å². The van der Waals surface area contributed by atoms with Crippen LogP contribution in [0, 0.1) is 0 Å². The van der Waals surface area contributed by atoms with Gasteiger partial charge in [0.25, 0.3) is 0 Å². The van der Waals surface area contributed by atoms with Crippen molar-refractivity contribution in [2.45, 2.75) is 0 Å². The minimum Gasteiger partial charge on any atom is -0.329 e. The molecule has 0 aliphatic heterocycles. The normalized spacial score (nSPS) is 9.75. The summed E-state index contributed by atoms with van der Waals surface area (Å²) >= 11 is 0. The maximum absolute atomic E-state index is 11.1. The number of hydrogen-bond acceptors (Lipinski definition) is 3. The Balaban J connectivity index is 2.53. The predicted octanol–water partition coefficient (Wildman–Crippen LogP) is -0.991. The highest BCUT2D eigenvalue weighted by molar-refractivity contribution is 4.46. The predicted molar refractivity (Wildman–Crippen MR) is 31.0 cm³/mol. The van der Waals surface area contributed by atoms with Gasteiger partial charge >= 0.3 is 0 Å². The summed E-state index contributed by atoms with van der Waals surface area (Å²) in [7, 11) is 0. The van der Waals surface area contributed by atoms with E-state index in [0.29, 0.717) is 19.6 Å². The summed E-state index contributed by atoms with van der Waals surface area (Å²) in [5.41, 5.74) is 6.66. The second-order valence-corrected chi connectivity index (χ2v) is 1.42. The van der Waals surface area contributed by atoms with Crippen LogP contribution in [0.2, 0.25) is 0 Å². The summed E-state index contributed by atoms with van der Waals surface area (Å²) in [6, 6.07) is 0. The molecule has 0 atom stereocenters. The van der Waals surface area contributed by atoms with Crippen molar-refractivity contribution >= 4 is 0 Å². The highest BCUT2D eigenvalue weighted by Gasteiger charge is 1.81. The lowest BCUT2D eigenvalue weighted by atomic mass is 10.6. The monoisotopic (exact) mass is 121 g/mol. The van der Waals surface area contributed by atoms with Crippen LogP contribution in [0.4, 0.5) is 4.48 Å². The van der Waals surface area contributed by atoms with Crippen molar-refractivity contribution in [3.05, 3.63) is 0 Å². The Morgan fingerprint density at radius 3 is 2.50 bits per heavy atom. The van der Waals surface area contributed by atoms with Gasteiger partial charge in [0.2, 0.25) is 0 Å². The highest BCUT2D eigenvalue weighted by Crippen LogP contribution is 1.55. The molecule has 0 heterocycles. The van der Waals surface area contributed by atoms with Gasteiger partial charge in [-0.1, -0.05) is 0 Å². The molecule has 8 heavy (non-hydrogen) atoms. The van der Waals surface area contributed by atoms with E-state index in [-0.39, 0.29) is 0 Å². The molecule has 0 radical (unpaired) electrons. The van der Waals surface area contributed by atoms with Crippen LogP contribution in [0.25, 0.3) is 0 Å². The summed E-state index contributed by atoms with van der Waals surface area (Å²) in [5, 5.41) is 2.91. The standard InChI is InChI=1S/C4H12FN3/c5-8-4-3-7-2-1-6/h7-8H,1-4,6H2. The van der Waals surface area contributed by atoms with Gasteiger partial charge in [-0.25, -0.2) is 0 Å². The zero-order valence-corrected chi connectivity index (χ0v) is 4.78. The number of nitrogens with one attached hydrogen (secondary N) is 2. The minimum absolute atomic E-state index is 0.347. The molecule has 0 bridgehead atoms. The molecule has 0 aliphatic carbocycles. The van der Waals surface area contributed by atoms with Crippen LogP contribution in [-0.4, -0.2) is 26.2 Å².